The van der Waals surface area contributed by atoms with Crippen molar-refractivity contribution < 1.29 is 4.57 Å². The number of rotatable bonds is 2. The van der Waals surface area contributed by atoms with Crippen molar-refractivity contribution in [1.29, 1.82) is 0 Å². The summed E-state index contributed by atoms with van der Waals surface area (Å²) in [5.74, 6) is 0. The Kier molecular flexibility index (Phi) is 2.40. The average molecular weight is 227 g/mol. The molecule has 0 bridgehead atoms. The molecule has 0 saturated heterocycles. The van der Waals surface area contributed by atoms with Crippen LogP contribution in [0.5, 0.6) is 0 Å². The Labute approximate surface area is 102 Å². The summed E-state index contributed by atoms with van der Waals surface area (Å²) in [4.78, 5) is 0. The van der Waals surface area contributed by atoms with Crippen molar-refractivity contribution in [2.45, 2.75) is 38.8 Å². The molecular formula is C15H19N2+. The smallest absolute Gasteiger partial charge is 0.198 e. The summed E-state index contributed by atoms with van der Waals surface area (Å²) in [6.45, 7) is 4.24. The number of fused-ring (bicyclic) bond motifs is 1. The summed E-state index contributed by atoms with van der Waals surface area (Å²) in [7, 11) is 0. The second kappa shape index (κ2) is 3.81. The second-order valence-electron chi connectivity index (χ2n) is 5.20. The normalized spacial score (nSPS) is 17.4. The second-order valence-corrected chi connectivity index (χ2v) is 5.20. The molecule has 17 heavy (non-hydrogen) atoms. The number of hydrogen-bond donors (Lipinski definition) is 1. The zero-order valence-corrected chi connectivity index (χ0v) is 10.5. The minimum atomic E-state index is 0.0977. The Morgan fingerprint density at radius 2 is 2.12 bits per heavy atom. The highest BCUT2D eigenvalue weighted by atomic mass is 15.0. The lowest BCUT2D eigenvalue weighted by Gasteiger charge is -2.09. The van der Waals surface area contributed by atoms with E-state index in [1.807, 2.05) is 0 Å². The van der Waals surface area contributed by atoms with Crippen LogP contribution < -0.4 is 10.3 Å². The van der Waals surface area contributed by atoms with Crippen LogP contribution in [0.1, 0.15) is 43.1 Å². The molecule has 2 heteroatoms. The predicted molar refractivity (Wildman–Crippen MR) is 69.8 cm³/mol. The molecule has 1 aliphatic rings. The van der Waals surface area contributed by atoms with Gasteiger partial charge in [-0.1, -0.05) is 18.2 Å². The fourth-order valence-corrected chi connectivity index (χ4v) is 2.49. The number of aromatic nitrogens is 1. The summed E-state index contributed by atoms with van der Waals surface area (Å²) in [5.41, 5.74) is 8.68. The minimum absolute atomic E-state index is 0.0977. The molecule has 3 rings (SSSR count). The molecule has 1 heterocycles. The van der Waals surface area contributed by atoms with Crippen molar-refractivity contribution in [3.63, 3.8) is 0 Å². The Morgan fingerprint density at radius 1 is 1.35 bits per heavy atom. The summed E-state index contributed by atoms with van der Waals surface area (Å²) in [6, 6.07) is 9.49. The molecule has 0 unspecified atom stereocenters. The van der Waals surface area contributed by atoms with Crippen molar-refractivity contribution in [3.05, 3.63) is 41.7 Å². The van der Waals surface area contributed by atoms with Crippen LogP contribution in [0.3, 0.4) is 0 Å². The standard InChI is InChI=1S/C15H19N2/c1-10-4-3-5-12-8-15(11(2)16)17(9-14(10)12)13-6-7-13/h3-5,8-9,11,13H,6-7,16H2,1-2H3/q+1/t11-/m0/s1. The number of hydrogen-bond acceptors (Lipinski definition) is 1. The van der Waals surface area contributed by atoms with Crippen molar-refractivity contribution in [3.8, 4) is 0 Å². The molecule has 2 aromatic rings. The Hall–Kier alpha value is -1.41. The summed E-state index contributed by atoms with van der Waals surface area (Å²) >= 11 is 0. The topological polar surface area (TPSA) is 29.9 Å². The van der Waals surface area contributed by atoms with E-state index in [0.717, 1.165) is 0 Å². The molecular weight excluding hydrogens is 208 g/mol. The van der Waals surface area contributed by atoms with Gasteiger partial charge in [-0.25, -0.2) is 0 Å². The van der Waals surface area contributed by atoms with E-state index in [1.165, 1.54) is 34.9 Å². The van der Waals surface area contributed by atoms with Crippen molar-refractivity contribution >= 4 is 10.8 Å². The SMILES string of the molecule is Cc1cccc2cc([C@H](C)N)[n+](C3CC3)cc12. The minimum Gasteiger partial charge on any atom is -0.319 e. The number of nitrogens with zero attached hydrogens (tertiary/aromatic N) is 1. The molecule has 1 fully saturated rings. The molecule has 0 radical (unpaired) electrons. The first-order chi connectivity index (χ1) is 8.16. The lowest BCUT2D eigenvalue weighted by molar-refractivity contribution is -0.707. The molecule has 0 amide bonds. The quantitative estimate of drug-likeness (QED) is 0.786. The van der Waals surface area contributed by atoms with Crippen LogP contribution in [0.25, 0.3) is 10.8 Å². The molecule has 0 spiro atoms. The summed E-state index contributed by atoms with van der Waals surface area (Å²) in [6.07, 6.45) is 4.88. The predicted octanol–water partition coefficient (Wildman–Crippen LogP) is 2.79. The first kappa shape index (κ1) is 10.7. The van der Waals surface area contributed by atoms with Gasteiger partial charge in [0.15, 0.2) is 17.9 Å². The first-order valence-corrected chi connectivity index (χ1v) is 6.37. The van der Waals surface area contributed by atoms with Crippen LogP contribution in [0.4, 0.5) is 0 Å². The van der Waals surface area contributed by atoms with Gasteiger partial charge in [0.05, 0.1) is 6.04 Å². The van der Waals surface area contributed by atoms with Crippen LogP contribution in [0, 0.1) is 6.92 Å². The molecule has 0 aliphatic heterocycles. The van der Waals surface area contributed by atoms with Gasteiger partial charge in [-0.15, -0.1) is 0 Å². The number of benzene rings is 1. The van der Waals surface area contributed by atoms with Crippen LogP contribution in [-0.4, -0.2) is 0 Å². The van der Waals surface area contributed by atoms with E-state index in [1.54, 1.807) is 0 Å². The molecule has 2 N–H and O–H groups in total. The number of nitrogens with two attached hydrogens (primary N) is 1. The maximum absolute atomic E-state index is 6.09. The fraction of sp³-hybridized carbons (Fsp3) is 0.400. The van der Waals surface area contributed by atoms with Crippen LogP contribution >= 0.6 is 0 Å². The highest BCUT2D eigenvalue weighted by Crippen LogP contribution is 2.31. The fourth-order valence-electron chi connectivity index (χ4n) is 2.49. The van der Waals surface area contributed by atoms with E-state index in [4.69, 9.17) is 5.73 Å². The van der Waals surface area contributed by atoms with Crippen LogP contribution in [-0.2, 0) is 0 Å². The average Bonchev–Trinajstić information content (AvgIpc) is 3.12. The van der Waals surface area contributed by atoms with E-state index in [0.29, 0.717) is 6.04 Å². The highest BCUT2D eigenvalue weighted by molar-refractivity contribution is 5.84. The number of pyridine rings is 1. The van der Waals surface area contributed by atoms with Gasteiger partial charge in [-0.3, -0.25) is 0 Å². The van der Waals surface area contributed by atoms with Gasteiger partial charge in [0, 0.05) is 24.3 Å². The first-order valence-electron chi connectivity index (χ1n) is 6.37. The number of aryl methyl sites for hydroxylation is 1. The summed E-state index contributed by atoms with van der Waals surface area (Å²) in [5, 5.41) is 2.65. The van der Waals surface area contributed by atoms with Crippen molar-refractivity contribution in [2.24, 2.45) is 5.73 Å². The molecule has 1 aromatic carbocycles. The lowest BCUT2D eigenvalue weighted by atomic mass is 10.0. The molecule has 1 aromatic heterocycles. The van der Waals surface area contributed by atoms with Crippen molar-refractivity contribution in [2.75, 3.05) is 0 Å². The Balaban J connectivity index is 2.28. The van der Waals surface area contributed by atoms with Gasteiger partial charge >= 0.3 is 0 Å². The zero-order valence-electron chi connectivity index (χ0n) is 10.5. The van der Waals surface area contributed by atoms with E-state index >= 15 is 0 Å². The van der Waals surface area contributed by atoms with Gasteiger partial charge in [0.25, 0.3) is 0 Å². The van der Waals surface area contributed by atoms with Gasteiger partial charge in [-0.2, -0.15) is 4.57 Å². The Bertz CT molecular complexity index is 568. The van der Waals surface area contributed by atoms with Gasteiger partial charge in [0.1, 0.15) is 0 Å². The maximum Gasteiger partial charge on any atom is 0.198 e. The van der Waals surface area contributed by atoms with E-state index in [9.17, 15) is 0 Å². The largest absolute Gasteiger partial charge is 0.319 e. The highest BCUT2D eigenvalue weighted by Gasteiger charge is 2.35. The lowest BCUT2D eigenvalue weighted by Crippen LogP contribution is -2.39. The van der Waals surface area contributed by atoms with Crippen molar-refractivity contribution in [1.82, 2.24) is 0 Å². The monoisotopic (exact) mass is 227 g/mol. The van der Waals surface area contributed by atoms with Gasteiger partial charge < -0.3 is 5.73 Å². The third-order valence-electron chi connectivity index (χ3n) is 3.63. The zero-order chi connectivity index (χ0) is 12.0. The third kappa shape index (κ3) is 1.83. The molecule has 88 valence electrons. The molecule has 1 aliphatic carbocycles. The van der Waals surface area contributed by atoms with E-state index < -0.39 is 0 Å². The van der Waals surface area contributed by atoms with E-state index in [2.05, 4.69) is 48.9 Å². The van der Waals surface area contributed by atoms with Crippen LogP contribution in [0.2, 0.25) is 0 Å². The van der Waals surface area contributed by atoms with Gasteiger partial charge in [-0.05, 0) is 24.8 Å². The summed E-state index contributed by atoms with van der Waals surface area (Å²) < 4.78 is 2.39. The Morgan fingerprint density at radius 3 is 2.76 bits per heavy atom. The van der Waals surface area contributed by atoms with E-state index in [-0.39, 0.29) is 6.04 Å². The molecule has 2 nitrogen and oxygen atoms in total. The maximum atomic E-state index is 6.09. The van der Waals surface area contributed by atoms with Gasteiger partial charge in [0.2, 0.25) is 0 Å². The van der Waals surface area contributed by atoms with Crippen LogP contribution in [0.15, 0.2) is 30.5 Å². The molecule has 1 saturated carbocycles. The molecule has 1 atom stereocenters. The third-order valence-corrected chi connectivity index (χ3v) is 3.63.